The molecule has 0 spiro atoms. The van der Waals surface area contributed by atoms with Gasteiger partial charge in [-0.2, -0.15) is 0 Å². The Balaban J connectivity index is 1.19. The molecule has 4 amide bonds. The van der Waals surface area contributed by atoms with Crippen LogP contribution in [0.3, 0.4) is 0 Å². The van der Waals surface area contributed by atoms with E-state index in [4.69, 9.17) is 4.74 Å². The van der Waals surface area contributed by atoms with Crippen LogP contribution in [-0.4, -0.2) is 58.6 Å². The van der Waals surface area contributed by atoms with Crippen LogP contribution in [0.15, 0.2) is 30.3 Å². The SMILES string of the molecule is CCCN1C(=O)C2CCC(C3CCC4C(=O)N(CC(C)OC(=O)c5ccccc5)C(=O)C4C3)CC2C1=O. The monoisotopic (exact) mass is 508 g/mol. The van der Waals surface area contributed by atoms with Crippen molar-refractivity contribution in [1.82, 2.24) is 9.80 Å². The van der Waals surface area contributed by atoms with Crippen molar-refractivity contribution in [3.05, 3.63) is 35.9 Å². The van der Waals surface area contributed by atoms with Crippen LogP contribution in [0.1, 0.15) is 69.2 Å². The van der Waals surface area contributed by atoms with Gasteiger partial charge in [0.1, 0.15) is 6.10 Å². The van der Waals surface area contributed by atoms with Gasteiger partial charge in [-0.05, 0) is 75.8 Å². The van der Waals surface area contributed by atoms with Gasteiger partial charge in [-0.25, -0.2) is 4.79 Å². The second-order valence-electron chi connectivity index (χ2n) is 11.3. The summed E-state index contributed by atoms with van der Waals surface area (Å²) < 4.78 is 5.50. The lowest BCUT2D eigenvalue weighted by Gasteiger charge is -2.38. The Hall–Kier alpha value is -3.03. The molecule has 198 valence electrons. The van der Waals surface area contributed by atoms with Crippen molar-refractivity contribution in [2.75, 3.05) is 13.1 Å². The minimum absolute atomic E-state index is 0.00620. The highest BCUT2D eigenvalue weighted by atomic mass is 16.5. The first-order chi connectivity index (χ1) is 17.8. The Kier molecular flexibility index (Phi) is 7.19. The van der Waals surface area contributed by atoms with E-state index >= 15 is 0 Å². The van der Waals surface area contributed by atoms with E-state index in [1.807, 2.05) is 13.0 Å². The second-order valence-corrected chi connectivity index (χ2v) is 11.3. The minimum Gasteiger partial charge on any atom is -0.457 e. The minimum atomic E-state index is -0.608. The van der Waals surface area contributed by atoms with Crippen LogP contribution in [0.25, 0.3) is 0 Å². The van der Waals surface area contributed by atoms with Crippen LogP contribution in [0, 0.1) is 35.5 Å². The number of rotatable bonds is 7. The molecule has 2 heterocycles. The molecule has 8 nitrogen and oxygen atoms in total. The van der Waals surface area contributed by atoms with Crippen LogP contribution < -0.4 is 0 Å². The fraction of sp³-hybridized carbons (Fsp3) is 0.621. The molecule has 2 saturated carbocycles. The summed E-state index contributed by atoms with van der Waals surface area (Å²) in [6.45, 7) is 4.23. The fourth-order valence-electron chi connectivity index (χ4n) is 7.16. The zero-order valence-electron chi connectivity index (χ0n) is 21.6. The standard InChI is InChI=1S/C29H36N2O6/c1-3-13-30-25(32)21-11-9-19(14-23(21)27(30)34)20-10-12-22-24(15-20)28(35)31(26(22)33)16-17(2)37-29(36)18-7-5-4-6-8-18/h4-8,17,19-24H,3,9-16H2,1-2H3. The normalized spacial score (nSPS) is 32.4. The second kappa shape index (κ2) is 10.4. The molecule has 0 aromatic heterocycles. The van der Waals surface area contributed by atoms with E-state index < -0.39 is 12.1 Å². The number of carbonyl (C=O) groups excluding carboxylic acids is 5. The number of ether oxygens (including phenoxy) is 1. The van der Waals surface area contributed by atoms with Gasteiger partial charge in [-0.15, -0.1) is 0 Å². The summed E-state index contributed by atoms with van der Waals surface area (Å²) in [6, 6.07) is 8.66. The van der Waals surface area contributed by atoms with Gasteiger partial charge in [0.15, 0.2) is 0 Å². The van der Waals surface area contributed by atoms with Crippen molar-refractivity contribution < 1.29 is 28.7 Å². The smallest absolute Gasteiger partial charge is 0.338 e. The number of amides is 4. The van der Waals surface area contributed by atoms with Crippen molar-refractivity contribution >= 4 is 29.6 Å². The molecule has 0 radical (unpaired) electrons. The molecule has 4 aliphatic rings. The van der Waals surface area contributed by atoms with Crippen LogP contribution in [0.5, 0.6) is 0 Å². The van der Waals surface area contributed by atoms with Gasteiger partial charge >= 0.3 is 5.97 Å². The zero-order chi connectivity index (χ0) is 26.3. The molecule has 4 fully saturated rings. The topological polar surface area (TPSA) is 101 Å². The number of benzene rings is 1. The quantitative estimate of drug-likeness (QED) is 0.413. The highest BCUT2D eigenvalue weighted by Crippen LogP contribution is 2.49. The van der Waals surface area contributed by atoms with Crippen molar-refractivity contribution in [3.63, 3.8) is 0 Å². The number of carbonyl (C=O) groups is 5. The van der Waals surface area contributed by atoms with Crippen molar-refractivity contribution in [2.24, 2.45) is 35.5 Å². The predicted molar refractivity (Wildman–Crippen MR) is 134 cm³/mol. The molecule has 37 heavy (non-hydrogen) atoms. The lowest BCUT2D eigenvalue weighted by atomic mass is 9.64. The number of esters is 1. The fourth-order valence-corrected chi connectivity index (χ4v) is 7.16. The number of nitrogens with zero attached hydrogens (tertiary/aromatic N) is 2. The molecule has 2 aliphatic carbocycles. The average Bonchev–Trinajstić information content (AvgIpc) is 3.29. The molecule has 8 heteroatoms. The molecule has 0 bridgehead atoms. The number of fused-ring (bicyclic) bond motifs is 2. The van der Waals surface area contributed by atoms with E-state index in [-0.39, 0.29) is 59.8 Å². The summed E-state index contributed by atoms with van der Waals surface area (Å²) in [5.74, 6) is -1.34. The molecule has 7 atom stereocenters. The summed E-state index contributed by atoms with van der Waals surface area (Å²) >= 11 is 0. The van der Waals surface area contributed by atoms with E-state index in [1.165, 1.54) is 9.80 Å². The third-order valence-corrected chi connectivity index (χ3v) is 8.99. The summed E-state index contributed by atoms with van der Waals surface area (Å²) in [4.78, 5) is 67.2. The largest absolute Gasteiger partial charge is 0.457 e. The lowest BCUT2D eigenvalue weighted by Crippen LogP contribution is -2.38. The molecular weight excluding hydrogens is 472 g/mol. The highest BCUT2D eigenvalue weighted by Gasteiger charge is 2.54. The van der Waals surface area contributed by atoms with E-state index in [0.29, 0.717) is 37.3 Å². The lowest BCUT2D eigenvalue weighted by molar-refractivity contribution is -0.142. The summed E-state index contributed by atoms with van der Waals surface area (Å²) in [6.07, 6.45) is 4.65. The highest BCUT2D eigenvalue weighted by molar-refractivity contribution is 6.06. The van der Waals surface area contributed by atoms with Crippen molar-refractivity contribution in [1.29, 1.82) is 0 Å². The van der Waals surface area contributed by atoms with Crippen molar-refractivity contribution in [3.8, 4) is 0 Å². The first-order valence-corrected chi connectivity index (χ1v) is 13.8. The third kappa shape index (κ3) is 4.71. The van der Waals surface area contributed by atoms with Crippen LogP contribution in [0.4, 0.5) is 0 Å². The Morgan fingerprint density at radius 3 is 1.89 bits per heavy atom. The molecule has 5 rings (SSSR count). The predicted octanol–water partition coefficient (Wildman–Crippen LogP) is 3.44. The Bertz CT molecular complexity index is 1090. The molecule has 1 aromatic carbocycles. The molecule has 2 saturated heterocycles. The maximum atomic E-state index is 13.3. The van der Waals surface area contributed by atoms with Gasteiger partial charge in [0, 0.05) is 6.54 Å². The maximum absolute atomic E-state index is 13.3. The van der Waals surface area contributed by atoms with E-state index in [0.717, 1.165) is 25.7 Å². The van der Waals surface area contributed by atoms with Gasteiger partial charge < -0.3 is 4.74 Å². The third-order valence-electron chi connectivity index (χ3n) is 8.99. The number of likely N-dealkylation sites (tertiary alicyclic amines) is 2. The van der Waals surface area contributed by atoms with Gasteiger partial charge in [-0.1, -0.05) is 25.1 Å². The summed E-state index contributed by atoms with van der Waals surface area (Å²) in [5, 5.41) is 0. The van der Waals surface area contributed by atoms with Crippen LogP contribution in [0.2, 0.25) is 0 Å². The molecule has 2 aliphatic heterocycles. The zero-order valence-corrected chi connectivity index (χ0v) is 21.6. The van der Waals surface area contributed by atoms with Gasteiger partial charge in [0.25, 0.3) is 0 Å². The Labute approximate surface area is 217 Å². The molecule has 0 N–H and O–H groups in total. The van der Waals surface area contributed by atoms with Crippen LogP contribution >= 0.6 is 0 Å². The van der Waals surface area contributed by atoms with Gasteiger partial charge in [0.05, 0.1) is 35.8 Å². The first kappa shape index (κ1) is 25.6. The van der Waals surface area contributed by atoms with E-state index in [1.54, 1.807) is 31.2 Å². The molecular formula is C29H36N2O6. The first-order valence-electron chi connectivity index (χ1n) is 13.8. The van der Waals surface area contributed by atoms with Crippen LogP contribution in [-0.2, 0) is 23.9 Å². The number of hydrogen-bond acceptors (Lipinski definition) is 6. The summed E-state index contributed by atoms with van der Waals surface area (Å²) in [7, 11) is 0. The van der Waals surface area contributed by atoms with Gasteiger partial charge in [-0.3, -0.25) is 29.0 Å². The van der Waals surface area contributed by atoms with Crippen molar-refractivity contribution in [2.45, 2.75) is 64.9 Å². The van der Waals surface area contributed by atoms with E-state index in [9.17, 15) is 24.0 Å². The molecule has 1 aromatic rings. The average molecular weight is 509 g/mol. The molecule has 7 unspecified atom stereocenters. The Morgan fingerprint density at radius 1 is 0.811 bits per heavy atom. The number of hydrogen-bond donors (Lipinski definition) is 0. The Morgan fingerprint density at radius 2 is 1.32 bits per heavy atom. The van der Waals surface area contributed by atoms with Gasteiger partial charge in [0.2, 0.25) is 23.6 Å². The van der Waals surface area contributed by atoms with E-state index in [2.05, 4.69) is 0 Å². The number of imide groups is 2. The maximum Gasteiger partial charge on any atom is 0.338 e. The summed E-state index contributed by atoms with van der Waals surface area (Å²) in [5.41, 5.74) is 0.430.